The van der Waals surface area contributed by atoms with E-state index in [0.717, 1.165) is 5.56 Å². The molecule has 1 aromatic carbocycles. The van der Waals surface area contributed by atoms with E-state index in [1.165, 1.54) is 5.56 Å². The number of benzene rings is 1. The molecule has 0 amide bonds. The maximum absolute atomic E-state index is 5.49. The standard InChI is InChI=1S/C9H11N.CH3.Y/c1-7-4-3-5-9(6-7)8(2)10;;/h3-6H,2,10H2,1H3;1H3;/q;-1;. The molecule has 0 saturated carbocycles. The Bertz CT molecular complexity index is 256. The van der Waals surface area contributed by atoms with Crippen molar-refractivity contribution in [2.24, 2.45) is 5.73 Å². The van der Waals surface area contributed by atoms with Crippen LogP contribution in [0.4, 0.5) is 0 Å². The normalized spacial score (nSPS) is 7.75. The quantitative estimate of drug-likeness (QED) is 0.745. The van der Waals surface area contributed by atoms with Gasteiger partial charge >= 0.3 is 0 Å². The van der Waals surface area contributed by atoms with E-state index in [0.29, 0.717) is 5.70 Å². The summed E-state index contributed by atoms with van der Waals surface area (Å²) in [6.07, 6.45) is 0. The zero-order valence-electron chi connectivity index (χ0n) is 7.67. The van der Waals surface area contributed by atoms with Crippen molar-refractivity contribution in [2.45, 2.75) is 6.92 Å². The van der Waals surface area contributed by atoms with Crippen LogP contribution >= 0.6 is 0 Å². The van der Waals surface area contributed by atoms with Gasteiger partial charge in [0.1, 0.15) is 0 Å². The Kier molecular flexibility index (Phi) is 7.66. The van der Waals surface area contributed by atoms with Crippen LogP contribution in [0.5, 0.6) is 0 Å². The van der Waals surface area contributed by atoms with Crippen molar-refractivity contribution in [3.8, 4) is 0 Å². The Morgan fingerprint density at radius 2 is 2.00 bits per heavy atom. The minimum Gasteiger partial charge on any atom is -0.399 e. The van der Waals surface area contributed by atoms with Crippen LogP contribution in [-0.4, -0.2) is 0 Å². The van der Waals surface area contributed by atoms with Gasteiger partial charge in [-0.1, -0.05) is 30.3 Å². The first-order valence-electron chi connectivity index (χ1n) is 3.21. The summed E-state index contributed by atoms with van der Waals surface area (Å²) in [7, 11) is 0. The van der Waals surface area contributed by atoms with Gasteiger partial charge in [0, 0.05) is 38.4 Å². The van der Waals surface area contributed by atoms with E-state index >= 15 is 0 Å². The third kappa shape index (κ3) is 4.03. The van der Waals surface area contributed by atoms with Crippen LogP contribution in [0.25, 0.3) is 5.70 Å². The van der Waals surface area contributed by atoms with Gasteiger partial charge in [0.25, 0.3) is 0 Å². The fraction of sp³-hybridized carbons (Fsp3) is 0.100. The number of hydrogen-bond acceptors (Lipinski definition) is 1. The van der Waals surface area contributed by atoms with Crippen molar-refractivity contribution in [3.63, 3.8) is 0 Å². The summed E-state index contributed by atoms with van der Waals surface area (Å²) >= 11 is 0. The van der Waals surface area contributed by atoms with E-state index < -0.39 is 0 Å². The van der Waals surface area contributed by atoms with Crippen LogP contribution in [0.3, 0.4) is 0 Å². The summed E-state index contributed by atoms with van der Waals surface area (Å²) < 4.78 is 0. The molecule has 0 aromatic heterocycles. The van der Waals surface area contributed by atoms with Crippen molar-refractivity contribution in [3.05, 3.63) is 49.4 Å². The minimum absolute atomic E-state index is 0. The smallest absolute Gasteiger partial charge is 0.0314 e. The average molecular weight is 237 g/mol. The van der Waals surface area contributed by atoms with Gasteiger partial charge < -0.3 is 13.2 Å². The minimum atomic E-state index is 0. The van der Waals surface area contributed by atoms with Crippen molar-refractivity contribution < 1.29 is 32.7 Å². The molecule has 2 heteroatoms. The third-order valence-corrected chi connectivity index (χ3v) is 1.39. The van der Waals surface area contributed by atoms with Gasteiger partial charge in [-0.05, 0) is 18.6 Å². The van der Waals surface area contributed by atoms with Crippen LogP contribution in [0.15, 0.2) is 30.8 Å². The molecule has 1 radical (unpaired) electrons. The summed E-state index contributed by atoms with van der Waals surface area (Å²) in [5.74, 6) is 0. The largest absolute Gasteiger partial charge is 0.399 e. The number of aryl methyl sites for hydroxylation is 1. The summed E-state index contributed by atoms with van der Waals surface area (Å²) in [6.45, 7) is 5.68. The average Bonchev–Trinajstić information content (AvgIpc) is 1.88. The topological polar surface area (TPSA) is 26.0 Å². The second-order valence-corrected chi connectivity index (χ2v) is 2.39. The zero-order valence-corrected chi connectivity index (χ0v) is 10.5. The molecule has 0 aliphatic heterocycles. The van der Waals surface area contributed by atoms with Gasteiger partial charge in [0.05, 0.1) is 0 Å². The Morgan fingerprint density at radius 1 is 1.42 bits per heavy atom. The molecule has 0 atom stereocenters. The predicted octanol–water partition coefficient (Wildman–Crippen LogP) is 2.37. The summed E-state index contributed by atoms with van der Waals surface area (Å²) in [6, 6.07) is 7.98. The molecular weight excluding hydrogens is 223 g/mol. The second-order valence-electron chi connectivity index (χ2n) is 2.39. The van der Waals surface area contributed by atoms with E-state index in [4.69, 9.17) is 5.73 Å². The van der Waals surface area contributed by atoms with E-state index in [9.17, 15) is 0 Å². The Balaban J connectivity index is 0. The number of rotatable bonds is 1. The van der Waals surface area contributed by atoms with Crippen molar-refractivity contribution in [1.29, 1.82) is 0 Å². The summed E-state index contributed by atoms with van der Waals surface area (Å²) in [5, 5.41) is 0. The molecular formula is C10H14NY-. The van der Waals surface area contributed by atoms with Gasteiger partial charge in [-0.15, -0.1) is 0 Å². The van der Waals surface area contributed by atoms with Gasteiger partial charge in [-0.25, -0.2) is 0 Å². The predicted molar refractivity (Wildman–Crippen MR) is 50.8 cm³/mol. The fourth-order valence-corrected chi connectivity index (χ4v) is 0.845. The molecule has 0 fully saturated rings. The fourth-order valence-electron chi connectivity index (χ4n) is 0.845. The number of hydrogen-bond donors (Lipinski definition) is 1. The first-order chi connectivity index (χ1) is 4.70. The van der Waals surface area contributed by atoms with Crippen LogP contribution in [0.2, 0.25) is 0 Å². The van der Waals surface area contributed by atoms with Gasteiger partial charge in [0.2, 0.25) is 0 Å². The second kappa shape index (κ2) is 6.39. The molecule has 12 heavy (non-hydrogen) atoms. The Hall–Kier alpha value is -0.136. The summed E-state index contributed by atoms with van der Waals surface area (Å²) in [5.41, 5.74) is 8.34. The molecule has 0 spiro atoms. The van der Waals surface area contributed by atoms with Crippen molar-refractivity contribution in [1.82, 2.24) is 0 Å². The van der Waals surface area contributed by atoms with E-state index in [2.05, 4.69) is 6.58 Å². The van der Waals surface area contributed by atoms with Crippen LogP contribution in [0.1, 0.15) is 11.1 Å². The first kappa shape index (κ1) is 14.4. The van der Waals surface area contributed by atoms with Crippen molar-refractivity contribution >= 4 is 5.70 Å². The van der Waals surface area contributed by atoms with Gasteiger partial charge in [-0.2, -0.15) is 0 Å². The Morgan fingerprint density at radius 3 is 2.33 bits per heavy atom. The van der Waals surface area contributed by atoms with Gasteiger partial charge in [0.15, 0.2) is 0 Å². The van der Waals surface area contributed by atoms with Crippen LogP contribution in [0, 0.1) is 14.4 Å². The number of nitrogens with two attached hydrogens (primary N) is 1. The third-order valence-electron chi connectivity index (χ3n) is 1.39. The molecule has 0 heterocycles. The van der Waals surface area contributed by atoms with Crippen molar-refractivity contribution in [2.75, 3.05) is 0 Å². The van der Waals surface area contributed by atoms with Crippen LogP contribution < -0.4 is 5.73 Å². The van der Waals surface area contributed by atoms with Gasteiger partial charge in [-0.3, -0.25) is 0 Å². The molecule has 1 aromatic rings. The molecule has 63 valence electrons. The molecule has 0 bridgehead atoms. The molecule has 0 unspecified atom stereocenters. The van der Waals surface area contributed by atoms with E-state index in [1.54, 1.807) is 0 Å². The Labute approximate surface area is 99.9 Å². The van der Waals surface area contributed by atoms with E-state index in [1.807, 2.05) is 31.2 Å². The molecule has 0 saturated heterocycles. The van der Waals surface area contributed by atoms with E-state index in [-0.39, 0.29) is 40.1 Å². The molecule has 0 aliphatic carbocycles. The monoisotopic (exact) mass is 237 g/mol. The first-order valence-corrected chi connectivity index (χ1v) is 3.21. The maximum Gasteiger partial charge on any atom is 0.0314 e. The maximum atomic E-state index is 5.49. The zero-order chi connectivity index (χ0) is 7.56. The molecule has 2 N–H and O–H groups in total. The molecule has 1 rings (SSSR count). The molecule has 0 aliphatic rings. The SMILES string of the molecule is C=C(N)c1cccc(C)c1.[CH3-].[Y]. The molecule has 1 nitrogen and oxygen atoms in total. The summed E-state index contributed by atoms with van der Waals surface area (Å²) in [4.78, 5) is 0. The van der Waals surface area contributed by atoms with Crippen LogP contribution in [-0.2, 0) is 32.7 Å².